The number of hydrogen-bond donors (Lipinski definition) is 2. The molecule has 1 aliphatic heterocycles. The van der Waals surface area contributed by atoms with Gasteiger partial charge in [-0.25, -0.2) is 0 Å². The van der Waals surface area contributed by atoms with Gasteiger partial charge in [-0.15, -0.1) is 0 Å². The number of carbonyl (C=O) groups is 2. The van der Waals surface area contributed by atoms with Crippen LogP contribution in [0.15, 0.2) is 48.5 Å². The Labute approximate surface area is 141 Å². The number of carbonyl (C=O) groups excluding carboxylic acids is 2. The summed E-state index contributed by atoms with van der Waals surface area (Å²) in [6.07, 6.45) is 0.888. The second-order valence-electron chi connectivity index (χ2n) is 5.87. The fraction of sp³-hybridized carbons (Fsp3) is 0.263. The highest BCUT2D eigenvalue weighted by Crippen LogP contribution is 2.29. The van der Waals surface area contributed by atoms with Crippen molar-refractivity contribution in [1.29, 1.82) is 0 Å². The minimum Gasteiger partial charge on any atom is -0.374 e. The van der Waals surface area contributed by atoms with E-state index in [4.69, 9.17) is 0 Å². The van der Waals surface area contributed by atoms with Crippen LogP contribution in [0.3, 0.4) is 0 Å². The van der Waals surface area contributed by atoms with Crippen LogP contribution in [0.5, 0.6) is 0 Å². The van der Waals surface area contributed by atoms with Gasteiger partial charge < -0.3 is 10.6 Å². The fourth-order valence-corrected chi connectivity index (χ4v) is 2.93. The molecule has 124 valence electrons. The maximum Gasteiger partial charge on any atom is 0.249 e. The molecule has 0 aromatic heterocycles. The lowest BCUT2D eigenvalue weighted by atomic mass is 10.1. The SMILES string of the molecule is CCc1ccccc1N[C@@H](C)C(=O)N1CC(=O)Nc2ccccc21. The largest absolute Gasteiger partial charge is 0.374 e. The second-order valence-corrected chi connectivity index (χ2v) is 5.87. The van der Waals surface area contributed by atoms with E-state index in [9.17, 15) is 9.59 Å². The number of hydrogen-bond acceptors (Lipinski definition) is 3. The van der Waals surface area contributed by atoms with Crippen molar-refractivity contribution in [2.24, 2.45) is 0 Å². The summed E-state index contributed by atoms with van der Waals surface area (Å²) >= 11 is 0. The van der Waals surface area contributed by atoms with Crippen LogP contribution < -0.4 is 15.5 Å². The number of anilines is 3. The number of nitrogens with one attached hydrogen (secondary N) is 2. The molecule has 1 aliphatic rings. The normalized spacial score (nSPS) is 14.6. The van der Waals surface area contributed by atoms with Gasteiger partial charge in [-0.2, -0.15) is 0 Å². The molecule has 2 amide bonds. The predicted octanol–water partition coefficient (Wildman–Crippen LogP) is 3.03. The number of rotatable bonds is 4. The first kappa shape index (κ1) is 16.1. The van der Waals surface area contributed by atoms with Crippen LogP contribution in [-0.4, -0.2) is 24.4 Å². The number of fused-ring (bicyclic) bond motifs is 1. The van der Waals surface area contributed by atoms with E-state index in [1.807, 2.05) is 49.4 Å². The highest BCUT2D eigenvalue weighted by molar-refractivity contribution is 6.11. The molecule has 1 atom stereocenters. The Morgan fingerprint density at radius 3 is 2.71 bits per heavy atom. The van der Waals surface area contributed by atoms with Gasteiger partial charge in [0.05, 0.1) is 11.4 Å². The molecule has 0 saturated heterocycles. The van der Waals surface area contributed by atoms with Gasteiger partial charge in [0.25, 0.3) is 0 Å². The summed E-state index contributed by atoms with van der Waals surface area (Å²) in [4.78, 5) is 26.3. The Kier molecular flexibility index (Phi) is 4.51. The minimum atomic E-state index is -0.434. The van der Waals surface area contributed by atoms with E-state index in [1.54, 1.807) is 11.0 Å². The van der Waals surface area contributed by atoms with Gasteiger partial charge in [-0.3, -0.25) is 14.5 Å². The van der Waals surface area contributed by atoms with E-state index in [2.05, 4.69) is 17.6 Å². The van der Waals surface area contributed by atoms with Crippen LogP contribution in [0.2, 0.25) is 0 Å². The molecule has 1 heterocycles. The van der Waals surface area contributed by atoms with Crippen LogP contribution in [0.1, 0.15) is 19.4 Å². The smallest absolute Gasteiger partial charge is 0.249 e. The maximum atomic E-state index is 12.9. The molecule has 0 spiro atoms. The van der Waals surface area contributed by atoms with Crippen LogP contribution in [0, 0.1) is 0 Å². The third kappa shape index (κ3) is 3.11. The summed E-state index contributed by atoms with van der Waals surface area (Å²) in [5.41, 5.74) is 3.52. The standard InChI is InChI=1S/C19H21N3O2/c1-3-14-8-4-5-9-15(14)20-13(2)19(24)22-12-18(23)21-16-10-6-7-11-17(16)22/h4-11,13,20H,3,12H2,1-2H3,(H,21,23)/t13-/m0/s1. The van der Waals surface area contributed by atoms with Gasteiger partial charge in [0.2, 0.25) is 11.8 Å². The Hall–Kier alpha value is -2.82. The molecule has 5 heteroatoms. The van der Waals surface area contributed by atoms with Crippen LogP contribution in [0.4, 0.5) is 17.1 Å². The molecule has 24 heavy (non-hydrogen) atoms. The number of benzene rings is 2. The number of amides is 2. The third-order valence-electron chi connectivity index (χ3n) is 4.18. The van der Waals surface area contributed by atoms with E-state index in [1.165, 1.54) is 0 Å². The molecular formula is C19H21N3O2. The molecule has 2 N–H and O–H groups in total. The minimum absolute atomic E-state index is 0.0390. The summed E-state index contributed by atoms with van der Waals surface area (Å²) < 4.78 is 0. The Morgan fingerprint density at radius 2 is 1.92 bits per heavy atom. The van der Waals surface area contributed by atoms with Gasteiger partial charge in [0.1, 0.15) is 12.6 Å². The summed E-state index contributed by atoms with van der Waals surface area (Å²) in [6, 6.07) is 14.9. The molecule has 3 rings (SSSR count). The number of nitrogens with zero attached hydrogens (tertiary/aromatic N) is 1. The monoisotopic (exact) mass is 323 g/mol. The first-order chi connectivity index (χ1) is 11.6. The molecule has 0 radical (unpaired) electrons. The molecule has 2 aromatic rings. The lowest BCUT2D eigenvalue weighted by molar-refractivity contribution is -0.122. The predicted molar refractivity (Wildman–Crippen MR) is 96.3 cm³/mol. The number of para-hydroxylation sites is 3. The highest BCUT2D eigenvalue weighted by atomic mass is 16.2. The van der Waals surface area contributed by atoms with E-state index < -0.39 is 6.04 Å². The summed E-state index contributed by atoms with van der Waals surface area (Å²) in [7, 11) is 0. The van der Waals surface area contributed by atoms with Gasteiger partial charge >= 0.3 is 0 Å². The van der Waals surface area contributed by atoms with Crippen molar-refractivity contribution < 1.29 is 9.59 Å². The fourth-order valence-electron chi connectivity index (χ4n) is 2.93. The van der Waals surface area contributed by atoms with Crippen molar-refractivity contribution in [3.8, 4) is 0 Å². The van der Waals surface area contributed by atoms with Crippen LogP contribution >= 0.6 is 0 Å². The van der Waals surface area contributed by atoms with Crippen molar-refractivity contribution >= 4 is 28.9 Å². The van der Waals surface area contributed by atoms with Crippen molar-refractivity contribution in [2.45, 2.75) is 26.3 Å². The molecule has 0 fully saturated rings. The average Bonchev–Trinajstić information content (AvgIpc) is 2.60. The summed E-state index contributed by atoms with van der Waals surface area (Å²) in [5.74, 6) is -0.300. The second kappa shape index (κ2) is 6.74. The third-order valence-corrected chi connectivity index (χ3v) is 4.18. The average molecular weight is 323 g/mol. The molecule has 2 aromatic carbocycles. The van der Waals surface area contributed by atoms with Crippen LogP contribution in [-0.2, 0) is 16.0 Å². The lowest BCUT2D eigenvalue weighted by Gasteiger charge is -2.31. The van der Waals surface area contributed by atoms with Gasteiger partial charge in [-0.1, -0.05) is 37.3 Å². The Morgan fingerprint density at radius 1 is 1.21 bits per heavy atom. The molecule has 0 saturated carbocycles. The molecule has 0 unspecified atom stereocenters. The first-order valence-corrected chi connectivity index (χ1v) is 8.15. The van der Waals surface area contributed by atoms with E-state index >= 15 is 0 Å². The van der Waals surface area contributed by atoms with E-state index in [0.717, 1.165) is 23.4 Å². The maximum absolute atomic E-state index is 12.9. The highest BCUT2D eigenvalue weighted by Gasteiger charge is 2.29. The Bertz CT molecular complexity index is 773. The van der Waals surface area contributed by atoms with E-state index in [0.29, 0.717) is 5.69 Å². The summed E-state index contributed by atoms with van der Waals surface area (Å²) in [6.45, 7) is 3.94. The van der Waals surface area contributed by atoms with Crippen molar-refractivity contribution in [1.82, 2.24) is 0 Å². The molecule has 0 bridgehead atoms. The topological polar surface area (TPSA) is 61.4 Å². The lowest BCUT2D eigenvalue weighted by Crippen LogP contribution is -2.47. The van der Waals surface area contributed by atoms with Crippen molar-refractivity contribution in [3.63, 3.8) is 0 Å². The van der Waals surface area contributed by atoms with Crippen molar-refractivity contribution in [3.05, 3.63) is 54.1 Å². The summed E-state index contributed by atoms with van der Waals surface area (Å²) in [5, 5.41) is 6.08. The zero-order valence-corrected chi connectivity index (χ0v) is 13.9. The quantitative estimate of drug-likeness (QED) is 0.909. The van der Waals surface area contributed by atoms with Gasteiger partial charge in [0, 0.05) is 5.69 Å². The Balaban J connectivity index is 1.82. The van der Waals surface area contributed by atoms with E-state index in [-0.39, 0.29) is 18.4 Å². The zero-order chi connectivity index (χ0) is 17.1. The zero-order valence-electron chi connectivity index (χ0n) is 13.9. The van der Waals surface area contributed by atoms with Crippen molar-refractivity contribution in [2.75, 3.05) is 22.1 Å². The van der Waals surface area contributed by atoms with Crippen LogP contribution in [0.25, 0.3) is 0 Å². The van der Waals surface area contributed by atoms with Gasteiger partial charge in [-0.05, 0) is 37.1 Å². The van der Waals surface area contributed by atoms with Gasteiger partial charge in [0.15, 0.2) is 0 Å². The first-order valence-electron chi connectivity index (χ1n) is 8.15. The number of aryl methyl sites for hydroxylation is 1. The molecular weight excluding hydrogens is 302 g/mol. The molecule has 0 aliphatic carbocycles. The molecule has 5 nitrogen and oxygen atoms in total.